The second kappa shape index (κ2) is 7.87. The van der Waals surface area contributed by atoms with Gasteiger partial charge in [-0.05, 0) is 0 Å². The SMILES string of the molecule is FC(F)(F)C(F)(C(F)(F)F)C(F)(F)OCC1=C(COC(F)(F)C(F)(C(F)(F)F)C(F)(F)F)O1. The van der Waals surface area contributed by atoms with E-state index in [2.05, 4.69) is 14.2 Å². The minimum atomic E-state index is -7.32. The third kappa shape index (κ3) is 4.87. The van der Waals surface area contributed by atoms with Crippen LogP contribution >= 0.6 is 0 Å². The fourth-order valence-corrected chi connectivity index (χ4v) is 1.84. The Morgan fingerprint density at radius 3 is 0.818 bits per heavy atom. The third-order valence-electron chi connectivity index (χ3n) is 3.65. The van der Waals surface area contributed by atoms with Gasteiger partial charge in [0, 0.05) is 0 Å². The quantitative estimate of drug-likeness (QED) is 0.350. The zero-order chi connectivity index (χ0) is 26.7. The first-order valence-corrected chi connectivity index (χ1v) is 7.25. The van der Waals surface area contributed by atoms with E-state index < -0.39 is 73.0 Å². The summed E-state index contributed by atoms with van der Waals surface area (Å²) >= 11 is 0. The van der Waals surface area contributed by atoms with Gasteiger partial charge < -0.3 is 14.2 Å². The summed E-state index contributed by atoms with van der Waals surface area (Å²) < 4.78 is 236. The maximum Gasteiger partial charge on any atom is 0.440 e. The molecule has 196 valence electrons. The minimum absolute atomic E-state index is 1.47. The molecule has 0 saturated carbocycles. The van der Waals surface area contributed by atoms with Crippen molar-refractivity contribution in [2.24, 2.45) is 0 Å². The average Bonchev–Trinajstić information content (AvgIpc) is 3.31. The van der Waals surface area contributed by atoms with Crippen LogP contribution < -0.4 is 0 Å². The van der Waals surface area contributed by atoms with Gasteiger partial charge >= 0.3 is 48.3 Å². The van der Waals surface area contributed by atoms with Crippen LogP contribution in [0, 0.1) is 0 Å². The molecule has 21 heteroatoms. The van der Waals surface area contributed by atoms with Gasteiger partial charge in [0.1, 0.15) is 13.2 Å². The van der Waals surface area contributed by atoms with Crippen molar-refractivity contribution in [3.05, 3.63) is 11.5 Å². The number of rotatable bonds is 8. The molecule has 1 aliphatic rings. The zero-order valence-electron chi connectivity index (χ0n) is 14.4. The fraction of sp³-hybridized carbons (Fsp3) is 0.833. The summed E-state index contributed by atoms with van der Waals surface area (Å²) in [6.07, 6.45) is -42.8. The second-order valence-corrected chi connectivity index (χ2v) is 5.87. The number of hydrogen-bond donors (Lipinski definition) is 0. The molecule has 1 rings (SSSR count). The van der Waals surface area contributed by atoms with E-state index in [1.54, 1.807) is 0 Å². The molecule has 0 atom stereocenters. The smallest absolute Gasteiger partial charge is 0.440 e. The van der Waals surface area contributed by atoms with Crippen molar-refractivity contribution in [2.45, 2.75) is 48.3 Å². The van der Waals surface area contributed by atoms with Crippen molar-refractivity contribution >= 4 is 0 Å². The first-order chi connectivity index (χ1) is 14.2. The van der Waals surface area contributed by atoms with Gasteiger partial charge in [0.05, 0.1) is 0 Å². The average molecular weight is 538 g/mol. The van der Waals surface area contributed by atoms with Crippen LogP contribution in [0.2, 0.25) is 0 Å². The molecule has 0 aromatic rings. The first-order valence-electron chi connectivity index (χ1n) is 7.25. The lowest BCUT2D eigenvalue weighted by atomic mass is 10.0. The zero-order valence-corrected chi connectivity index (χ0v) is 14.4. The van der Waals surface area contributed by atoms with Crippen LogP contribution in [-0.4, -0.2) is 61.5 Å². The molecule has 0 radical (unpaired) electrons. The Morgan fingerprint density at radius 1 is 0.424 bits per heavy atom. The van der Waals surface area contributed by atoms with Gasteiger partial charge in [-0.3, -0.25) is 0 Å². The lowest BCUT2D eigenvalue weighted by molar-refractivity contribution is -0.449. The topological polar surface area (TPSA) is 31.0 Å². The molecular weight excluding hydrogens is 534 g/mol. The van der Waals surface area contributed by atoms with Crippen molar-refractivity contribution in [3.8, 4) is 0 Å². The van der Waals surface area contributed by atoms with Gasteiger partial charge in [-0.2, -0.15) is 70.2 Å². The highest BCUT2D eigenvalue weighted by atomic mass is 19.4. The fourth-order valence-electron chi connectivity index (χ4n) is 1.84. The van der Waals surface area contributed by atoms with Gasteiger partial charge in [0.25, 0.3) is 0 Å². The molecule has 0 aromatic heterocycles. The summed E-state index contributed by atoms with van der Waals surface area (Å²) in [5.41, 5.74) is -14.6. The Hall–Kier alpha value is -1.80. The Balaban J connectivity index is 2.98. The Kier molecular flexibility index (Phi) is 6.97. The van der Waals surface area contributed by atoms with Crippen LogP contribution in [0.3, 0.4) is 0 Å². The van der Waals surface area contributed by atoms with E-state index >= 15 is 0 Å². The van der Waals surface area contributed by atoms with E-state index in [1.165, 1.54) is 0 Å². The molecule has 0 bridgehead atoms. The lowest BCUT2D eigenvalue weighted by Gasteiger charge is -2.35. The van der Waals surface area contributed by atoms with Crippen molar-refractivity contribution in [2.75, 3.05) is 13.2 Å². The van der Waals surface area contributed by atoms with Gasteiger partial charge in [0.15, 0.2) is 11.5 Å². The highest BCUT2D eigenvalue weighted by Crippen LogP contribution is 2.56. The van der Waals surface area contributed by atoms with E-state index in [-0.39, 0.29) is 0 Å². The number of ether oxygens (including phenoxy) is 3. The Labute approximate surface area is 167 Å². The van der Waals surface area contributed by atoms with E-state index in [4.69, 9.17) is 0 Å². The monoisotopic (exact) mass is 538 g/mol. The molecule has 0 aromatic carbocycles. The van der Waals surface area contributed by atoms with Gasteiger partial charge in [-0.15, -0.1) is 0 Å². The van der Waals surface area contributed by atoms with Crippen LogP contribution in [-0.2, 0) is 14.2 Å². The van der Waals surface area contributed by atoms with Crippen molar-refractivity contribution in [1.29, 1.82) is 0 Å². The Bertz CT molecular complexity index is 664. The molecular formula is C12H4F18O3. The van der Waals surface area contributed by atoms with Gasteiger partial charge in [0.2, 0.25) is 0 Å². The predicted octanol–water partition coefficient (Wildman–Crippen LogP) is 6.11. The maximum absolute atomic E-state index is 13.2. The molecule has 1 heterocycles. The summed E-state index contributed by atoms with van der Waals surface area (Å²) in [6.45, 7) is -4.57. The highest BCUT2D eigenvalue weighted by molar-refractivity contribution is 5.19. The number of hydrogen-bond acceptors (Lipinski definition) is 3. The molecule has 0 fully saturated rings. The van der Waals surface area contributed by atoms with Crippen LogP contribution in [0.25, 0.3) is 0 Å². The lowest BCUT2D eigenvalue weighted by Crippen LogP contribution is -2.65. The van der Waals surface area contributed by atoms with Crippen LogP contribution in [0.15, 0.2) is 11.5 Å². The summed E-state index contributed by atoms with van der Waals surface area (Å²) in [5.74, 6) is -2.94. The van der Waals surface area contributed by atoms with Gasteiger partial charge in [-0.25, -0.2) is 8.78 Å². The first kappa shape index (κ1) is 29.2. The van der Waals surface area contributed by atoms with E-state index in [0.29, 0.717) is 0 Å². The van der Waals surface area contributed by atoms with Crippen LogP contribution in [0.1, 0.15) is 0 Å². The minimum Gasteiger partial charge on any atom is -0.454 e. The summed E-state index contributed by atoms with van der Waals surface area (Å²) in [7, 11) is 0. The van der Waals surface area contributed by atoms with Crippen molar-refractivity contribution < 1.29 is 93.2 Å². The Morgan fingerprint density at radius 2 is 0.636 bits per heavy atom. The van der Waals surface area contributed by atoms with Crippen molar-refractivity contribution in [1.82, 2.24) is 0 Å². The molecule has 0 unspecified atom stereocenters. The van der Waals surface area contributed by atoms with E-state index in [9.17, 15) is 79.0 Å². The van der Waals surface area contributed by atoms with E-state index in [0.717, 1.165) is 0 Å². The van der Waals surface area contributed by atoms with E-state index in [1.807, 2.05) is 0 Å². The molecule has 0 saturated heterocycles. The summed E-state index contributed by atoms with van der Waals surface area (Å²) in [5, 5.41) is 0. The van der Waals surface area contributed by atoms with Gasteiger partial charge in [-0.1, -0.05) is 0 Å². The maximum atomic E-state index is 13.2. The van der Waals surface area contributed by atoms with Crippen LogP contribution in [0.5, 0.6) is 0 Å². The molecule has 1 aliphatic heterocycles. The summed E-state index contributed by atoms with van der Waals surface area (Å²) in [6, 6.07) is 0. The number of halogens is 18. The molecule has 0 spiro atoms. The molecule has 33 heavy (non-hydrogen) atoms. The second-order valence-electron chi connectivity index (χ2n) is 5.87. The predicted molar refractivity (Wildman–Crippen MR) is 61.8 cm³/mol. The highest BCUT2D eigenvalue weighted by Gasteiger charge is 2.86. The molecule has 0 amide bonds. The standard InChI is InChI=1S/C12H4F18O3/c13-5(7(15,16)17,8(18,19)20)11(27,28)31-1-3-4(33-3)2-32-12(29,30)6(14,9(21,22)23)10(24,25)26/h1-2H2. The molecule has 0 aliphatic carbocycles. The molecule has 3 nitrogen and oxygen atoms in total. The van der Waals surface area contributed by atoms with Crippen molar-refractivity contribution in [3.63, 3.8) is 0 Å². The summed E-state index contributed by atoms with van der Waals surface area (Å²) in [4.78, 5) is 0. The van der Waals surface area contributed by atoms with Crippen LogP contribution in [0.4, 0.5) is 79.0 Å². The third-order valence-corrected chi connectivity index (χ3v) is 3.65. The largest absolute Gasteiger partial charge is 0.454 e. The molecule has 0 N–H and O–H groups in total. The normalized spacial score (nSPS) is 17.4. The number of alkyl halides is 18.